The predicted octanol–water partition coefficient (Wildman–Crippen LogP) is 1.42. The molecule has 0 aliphatic rings. The minimum absolute atomic E-state index is 0.427. The number of nitrogens with one attached hydrogen (secondary N) is 2. The molecule has 2 amide bonds. The van der Waals surface area contributed by atoms with Crippen molar-refractivity contribution in [2.75, 3.05) is 19.4 Å². The largest absolute Gasteiger partial charge is 0.481 e. The normalized spacial score (nSPS) is 15.8. The second-order valence-corrected chi connectivity index (χ2v) is 6.08. The molecule has 10 nitrogen and oxygen atoms in total. The number of rotatable bonds is 5. The molecule has 0 spiro atoms. The van der Waals surface area contributed by atoms with Crippen LogP contribution in [0.5, 0.6) is 11.8 Å². The number of urea groups is 1. The molecular weight excluding hydrogens is 395 g/mol. The van der Waals surface area contributed by atoms with Crippen LogP contribution < -0.4 is 19.5 Å². The first-order valence-corrected chi connectivity index (χ1v) is 7.97. The van der Waals surface area contributed by atoms with Crippen molar-refractivity contribution in [1.82, 2.24) is 19.7 Å². The van der Waals surface area contributed by atoms with Gasteiger partial charge < -0.3 is 9.47 Å². The molecule has 0 saturated heterocycles. The molecule has 0 atom stereocenters. The molecule has 146 valence electrons. The number of aromatic nitrogens is 3. The zero-order valence-corrected chi connectivity index (χ0v) is 13.6. The molecule has 2 rings (SSSR count). The Balaban J connectivity index is 2.32. The highest BCUT2D eigenvalue weighted by Gasteiger charge is 2.38. The van der Waals surface area contributed by atoms with E-state index in [0.29, 0.717) is 12.1 Å². The molecule has 0 aromatic carbocycles. The van der Waals surface area contributed by atoms with Crippen LogP contribution in [0.2, 0.25) is 0 Å². The zero-order chi connectivity index (χ0) is 25.2. The summed E-state index contributed by atoms with van der Waals surface area (Å²) >= 11 is 0. The number of nitrogens with zero attached hydrogens (tertiary/aromatic N) is 3. The van der Waals surface area contributed by atoms with Crippen molar-refractivity contribution in [3.8, 4) is 11.8 Å². The number of sulfonamides is 1. The number of alkyl halides is 3. The van der Waals surface area contributed by atoms with Gasteiger partial charge in [-0.2, -0.15) is 31.6 Å². The molecule has 0 unspecified atom stereocenters. The van der Waals surface area contributed by atoms with Crippen molar-refractivity contribution in [2.45, 2.75) is 11.2 Å². The standard InChI is InChI=1S/C13H12F3N5O5S/c1-25-8-6-9(26-2)19-11(18-8)20-12(22)21-27(23,24)10-7(13(14,15)16)4-3-5-17-10/h3-6H,1-2H3,(H2,18,19,20,21,22)/i1D3,2D3. The van der Waals surface area contributed by atoms with E-state index in [1.54, 1.807) is 5.32 Å². The van der Waals surface area contributed by atoms with E-state index in [4.69, 9.17) is 8.22 Å². The Morgan fingerprint density at radius 1 is 1.22 bits per heavy atom. The van der Waals surface area contributed by atoms with Crippen LogP contribution in [0.4, 0.5) is 23.9 Å². The van der Waals surface area contributed by atoms with Crippen molar-refractivity contribution >= 4 is 22.0 Å². The number of hydrogen-bond donors (Lipinski definition) is 2. The summed E-state index contributed by atoms with van der Waals surface area (Å²) in [5.41, 5.74) is -1.65. The Hall–Kier alpha value is -3.16. The zero-order valence-electron chi connectivity index (χ0n) is 18.7. The third kappa shape index (κ3) is 4.93. The first-order chi connectivity index (χ1) is 14.9. The summed E-state index contributed by atoms with van der Waals surface area (Å²) in [6, 6.07) is 0.219. The Morgan fingerprint density at radius 2 is 1.85 bits per heavy atom. The SMILES string of the molecule is [2H]C([2H])([2H])Oc1cc(OC([2H])([2H])[2H])nc(NC(=O)NS(=O)(=O)c2ncccc2C(F)(F)F)n1. The molecule has 14 heteroatoms. The van der Waals surface area contributed by atoms with Crippen molar-refractivity contribution in [2.24, 2.45) is 0 Å². The molecule has 0 aliphatic heterocycles. The van der Waals surface area contributed by atoms with Gasteiger partial charge in [0.1, 0.15) is 0 Å². The molecule has 0 aliphatic carbocycles. The van der Waals surface area contributed by atoms with E-state index < -0.39 is 64.6 Å². The van der Waals surface area contributed by atoms with E-state index in [-0.39, 0.29) is 0 Å². The summed E-state index contributed by atoms with van der Waals surface area (Å²) < 4.78 is 116. The van der Waals surface area contributed by atoms with Gasteiger partial charge in [-0.15, -0.1) is 0 Å². The first kappa shape index (κ1) is 13.1. The summed E-state index contributed by atoms with van der Waals surface area (Å²) in [5, 5.41) is 0.190. The lowest BCUT2D eigenvalue weighted by Crippen LogP contribution is -2.36. The van der Waals surface area contributed by atoms with Gasteiger partial charge >= 0.3 is 12.2 Å². The summed E-state index contributed by atoms with van der Waals surface area (Å²) in [6.07, 6.45) is -4.36. The average Bonchev–Trinajstić information content (AvgIpc) is 2.57. The Labute approximate surface area is 159 Å². The van der Waals surface area contributed by atoms with Crippen molar-refractivity contribution in [3.05, 3.63) is 30.0 Å². The quantitative estimate of drug-likeness (QED) is 0.752. The number of carbonyl (C=O) groups excluding carboxylic acids is 1. The molecular formula is C13H12F3N5O5S. The third-order valence-electron chi connectivity index (χ3n) is 2.67. The highest BCUT2D eigenvalue weighted by molar-refractivity contribution is 7.90. The van der Waals surface area contributed by atoms with E-state index >= 15 is 0 Å². The fourth-order valence-corrected chi connectivity index (χ4v) is 2.75. The minimum atomic E-state index is -5.16. The van der Waals surface area contributed by atoms with Crippen molar-refractivity contribution in [1.29, 1.82) is 0 Å². The van der Waals surface area contributed by atoms with Gasteiger partial charge in [0.2, 0.25) is 17.7 Å². The molecule has 0 bridgehead atoms. The lowest BCUT2D eigenvalue weighted by molar-refractivity contribution is -0.140. The maximum atomic E-state index is 13.0. The van der Waals surface area contributed by atoms with Crippen LogP contribution in [-0.2, 0) is 16.2 Å². The van der Waals surface area contributed by atoms with E-state index in [0.717, 1.165) is 12.3 Å². The van der Waals surface area contributed by atoms with Crippen LogP contribution in [0, 0.1) is 0 Å². The number of methoxy groups -OCH3 is 2. The van der Waals surface area contributed by atoms with E-state index in [2.05, 4.69) is 24.4 Å². The van der Waals surface area contributed by atoms with Crippen molar-refractivity contribution < 1.29 is 44.1 Å². The van der Waals surface area contributed by atoms with Gasteiger partial charge in [0.25, 0.3) is 10.0 Å². The molecule has 0 radical (unpaired) electrons. The van der Waals surface area contributed by atoms with Crippen LogP contribution in [-0.4, -0.2) is 43.5 Å². The monoisotopic (exact) mass is 413 g/mol. The number of halogens is 3. The lowest BCUT2D eigenvalue weighted by Gasteiger charge is -2.13. The molecule has 2 aromatic heterocycles. The average molecular weight is 413 g/mol. The molecule has 0 fully saturated rings. The summed E-state index contributed by atoms with van der Waals surface area (Å²) in [5.74, 6) is -2.50. The Kier molecular flexibility index (Phi) is 3.68. The van der Waals surface area contributed by atoms with E-state index in [1.165, 1.54) is 4.72 Å². The van der Waals surface area contributed by atoms with Gasteiger partial charge in [-0.25, -0.2) is 14.5 Å². The predicted molar refractivity (Wildman–Crippen MR) is 83.7 cm³/mol. The molecule has 2 heterocycles. The topological polar surface area (TPSA) is 132 Å². The van der Waals surface area contributed by atoms with Crippen LogP contribution in [0.25, 0.3) is 0 Å². The van der Waals surface area contributed by atoms with E-state index in [1.807, 2.05) is 0 Å². The first-order valence-electron chi connectivity index (χ1n) is 9.49. The van der Waals surface area contributed by atoms with Crippen LogP contribution >= 0.6 is 0 Å². The van der Waals surface area contributed by atoms with Crippen LogP contribution in [0.3, 0.4) is 0 Å². The molecule has 2 N–H and O–H groups in total. The molecule has 2 aromatic rings. The highest BCUT2D eigenvalue weighted by atomic mass is 32.2. The van der Waals surface area contributed by atoms with Crippen LogP contribution in [0.1, 0.15) is 13.8 Å². The third-order valence-corrected chi connectivity index (χ3v) is 3.96. The van der Waals surface area contributed by atoms with Crippen LogP contribution in [0.15, 0.2) is 29.4 Å². The Morgan fingerprint density at radius 3 is 2.41 bits per heavy atom. The summed E-state index contributed by atoms with van der Waals surface area (Å²) in [4.78, 5) is 22.1. The fraction of sp³-hybridized carbons (Fsp3) is 0.231. The Bertz CT molecular complexity index is 1110. The second kappa shape index (κ2) is 7.61. The van der Waals surface area contributed by atoms with Gasteiger partial charge in [-0.3, -0.25) is 5.32 Å². The number of carbonyl (C=O) groups is 1. The molecule has 27 heavy (non-hydrogen) atoms. The summed E-state index contributed by atoms with van der Waals surface area (Å²) in [6.45, 7) is 0. The van der Waals surface area contributed by atoms with Crippen molar-refractivity contribution in [3.63, 3.8) is 0 Å². The van der Waals surface area contributed by atoms with Gasteiger partial charge in [0, 0.05) is 6.20 Å². The van der Waals surface area contributed by atoms with E-state index in [9.17, 15) is 26.4 Å². The number of hydrogen-bond acceptors (Lipinski definition) is 8. The number of ether oxygens (including phenoxy) is 2. The summed E-state index contributed by atoms with van der Waals surface area (Å²) in [7, 11) is -11.3. The smallest absolute Gasteiger partial charge is 0.419 e. The van der Waals surface area contributed by atoms with Gasteiger partial charge in [0.15, 0.2) is 5.03 Å². The second-order valence-electron chi connectivity index (χ2n) is 4.49. The number of pyridine rings is 1. The maximum absolute atomic E-state index is 13.0. The van der Waals surface area contributed by atoms with Gasteiger partial charge in [0.05, 0.1) is 33.9 Å². The lowest BCUT2D eigenvalue weighted by atomic mass is 10.3. The number of anilines is 1. The molecule has 0 saturated carbocycles. The maximum Gasteiger partial charge on any atom is 0.419 e. The number of amides is 2. The minimum Gasteiger partial charge on any atom is -0.481 e. The highest BCUT2D eigenvalue weighted by Crippen LogP contribution is 2.32. The van der Waals surface area contributed by atoms with Gasteiger partial charge in [-0.1, -0.05) is 0 Å². The fourth-order valence-electron chi connectivity index (χ4n) is 1.68. The van der Waals surface area contributed by atoms with Gasteiger partial charge in [-0.05, 0) is 12.1 Å².